The van der Waals surface area contributed by atoms with Gasteiger partial charge in [0.1, 0.15) is 0 Å². The number of ether oxygens (including phenoxy) is 2. The number of rotatable bonds is 6. The second-order valence-corrected chi connectivity index (χ2v) is 6.20. The molecule has 1 atom stereocenters. The SMILES string of the molecule is CCC(NC(=O)CCc1ccc2c(c1)OCO2)c1ccc(Cl)cc1. The third-order valence-electron chi connectivity index (χ3n) is 4.09. The Labute approximate surface area is 146 Å². The van der Waals surface area contributed by atoms with Crippen LogP contribution < -0.4 is 14.8 Å². The predicted molar refractivity (Wildman–Crippen MR) is 93.5 cm³/mol. The fourth-order valence-electron chi connectivity index (χ4n) is 2.74. The third-order valence-corrected chi connectivity index (χ3v) is 4.35. The van der Waals surface area contributed by atoms with E-state index >= 15 is 0 Å². The summed E-state index contributed by atoms with van der Waals surface area (Å²) in [7, 11) is 0. The number of carbonyl (C=O) groups is 1. The van der Waals surface area contributed by atoms with Crippen LogP contribution in [-0.2, 0) is 11.2 Å². The molecule has 24 heavy (non-hydrogen) atoms. The van der Waals surface area contributed by atoms with E-state index in [1.165, 1.54) is 0 Å². The number of carbonyl (C=O) groups excluding carboxylic acids is 1. The van der Waals surface area contributed by atoms with Gasteiger partial charge in [-0.2, -0.15) is 0 Å². The molecule has 126 valence electrons. The highest BCUT2D eigenvalue weighted by molar-refractivity contribution is 6.30. The summed E-state index contributed by atoms with van der Waals surface area (Å²) in [5, 5.41) is 3.78. The van der Waals surface area contributed by atoms with Crippen LogP contribution >= 0.6 is 11.6 Å². The lowest BCUT2D eigenvalue weighted by atomic mass is 10.0. The van der Waals surface area contributed by atoms with Gasteiger partial charge in [0.2, 0.25) is 12.7 Å². The van der Waals surface area contributed by atoms with Gasteiger partial charge in [-0.1, -0.05) is 36.7 Å². The summed E-state index contributed by atoms with van der Waals surface area (Å²) in [6.07, 6.45) is 1.93. The maximum absolute atomic E-state index is 12.3. The van der Waals surface area contributed by atoms with Crippen LogP contribution in [0.25, 0.3) is 0 Å². The topological polar surface area (TPSA) is 47.6 Å². The van der Waals surface area contributed by atoms with Gasteiger partial charge in [0.15, 0.2) is 11.5 Å². The first-order valence-corrected chi connectivity index (χ1v) is 8.47. The second kappa shape index (κ2) is 7.58. The Hall–Kier alpha value is -2.20. The van der Waals surface area contributed by atoms with Gasteiger partial charge < -0.3 is 14.8 Å². The van der Waals surface area contributed by atoms with Crippen molar-refractivity contribution in [3.63, 3.8) is 0 Å². The van der Waals surface area contributed by atoms with Gasteiger partial charge in [-0.25, -0.2) is 0 Å². The summed E-state index contributed by atoms with van der Waals surface area (Å²) in [5.41, 5.74) is 2.13. The first-order chi connectivity index (χ1) is 11.7. The second-order valence-electron chi connectivity index (χ2n) is 5.77. The molecule has 0 spiro atoms. The van der Waals surface area contributed by atoms with Gasteiger partial charge in [-0.15, -0.1) is 0 Å². The summed E-state index contributed by atoms with van der Waals surface area (Å²) in [6, 6.07) is 13.4. The quantitative estimate of drug-likeness (QED) is 0.850. The van der Waals surface area contributed by atoms with E-state index in [0.717, 1.165) is 29.0 Å². The van der Waals surface area contributed by atoms with Crippen molar-refractivity contribution in [2.75, 3.05) is 6.79 Å². The molecule has 2 aromatic rings. The lowest BCUT2D eigenvalue weighted by molar-refractivity contribution is -0.121. The number of aryl methyl sites for hydroxylation is 1. The summed E-state index contributed by atoms with van der Waals surface area (Å²) in [4.78, 5) is 12.3. The van der Waals surface area contributed by atoms with Crippen molar-refractivity contribution in [2.45, 2.75) is 32.2 Å². The Kier molecular flexibility index (Phi) is 5.26. The highest BCUT2D eigenvalue weighted by Crippen LogP contribution is 2.32. The predicted octanol–water partition coefficient (Wildman–Crippen LogP) is 4.27. The fraction of sp³-hybridized carbons (Fsp3) is 0.316. The molecule has 3 rings (SSSR count). The number of hydrogen-bond acceptors (Lipinski definition) is 3. The zero-order valence-corrected chi connectivity index (χ0v) is 14.3. The summed E-state index contributed by atoms with van der Waals surface area (Å²) >= 11 is 5.92. The summed E-state index contributed by atoms with van der Waals surface area (Å²) < 4.78 is 10.7. The molecular weight excluding hydrogens is 326 g/mol. The molecule has 0 saturated heterocycles. The van der Waals surface area contributed by atoms with E-state index in [0.29, 0.717) is 17.9 Å². The van der Waals surface area contributed by atoms with Crippen LogP contribution in [0.4, 0.5) is 0 Å². The number of halogens is 1. The number of benzene rings is 2. The molecule has 1 N–H and O–H groups in total. The van der Waals surface area contributed by atoms with E-state index in [1.54, 1.807) is 0 Å². The normalized spacial score (nSPS) is 13.6. The Bertz CT molecular complexity index is 715. The van der Waals surface area contributed by atoms with Gasteiger partial charge in [-0.05, 0) is 48.2 Å². The molecular formula is C19H20ClNO3. The first-order valence-electron chi connectivity index (χ1n) is 8.09. The van der Waals surface area contributed by atoms with Crippen LogP contribution in [0.3, 0.4) is 0 Å². The molecule has 5 heteroatoms. The summed E-state index contributed by atoms with van der Waals surface area (Å²) in [6.45, 7) is 2.32. The van der Waals surface area contributed by atoms with E-state index in [-0.39, 0.29) is 18.7 Å². The summed E-state index contributed by atoms with van der Waals surface area (Å²) in [5.74, 6) is 1.55. The standard InChI is InChI=1S/C19H20ClNO3/c1-2-16(14-5-7-15(20)8-6-14)21-19(22)10-4-13-3-9-17-18(11-13)24-12-23-17/h3,5-9,11,16H,2,4,10,12H2,1H3,(H,21,22). The van der Waals surface area contributed by atoms with Crippen molar-refractivity contribution in [1.29, 1.82) is 0 Å². The van der Waals surface area contributed by atoms with Crippen LogP contribution in [0, 0.1) is 0 Å². The van der Waals surface area contributed by atoms with Crippen molar-refractivity contribution in [3.8, 4) is 11.5 Å². The van der Waals surface area contributed by atoms with E-state index in [2.05, 4.69) is 12.2 Å². The van der Waals surface area contributed by atoms with Crippen LogP contribution in [0.5, 0.6) is 11.5 Å². The molecule has 1 amide bonds. The van der Waals surface area contributed by atoms with E-state index in [4.69, 9.17) is 21.1 Å². The molecule has 0 aliphatic carbocycles. The molecule has 0 saturated carbocycles. The maximum Gasteiger partial charge on any atom is 0.231 e. The van der Waals surface area contributed by atoms with E-state index in [9.17, 15) is 4.79 Å². The highest BCUT2D eigenvalue weighted by Gasteiger charge is 2.15. The fourth-order valence-corrected chi connectivity index (χ4v) is 2.86. The van der Waals surface area contributed by atoms with Crippen molar-refractivity contribution in [3.05, 3.63) is 58.6 Å². The number of fused-ring (bicyclic) bond motifs is 1. The third kappa shape index (κ3) is 4.01. The first kappa shape index (κ1) is 16.7. The van der Waals surface area contributed by atoms with Crippen LogP contribution in [-0.4, -0.2) is 12.7 Å². The molecule has 0 fully saturated rings. The lowest BCUT2D eigenvalue weighted by Gasteiger charge is -2.17. The van der Waals surface area contributed by atoms with Gasteiger partial charge in [-0.3, -0.25) is 4.79 Å². The van der Waals surface area contributed by atoms with E-state index in [1.807, 2.05) is 42.5 Å². The van der Waals surface area contributed by atoms with Crippen molar-refractivity contribution < 1.29 is 14.3 Å². The Balaban J connectivity index is 1.55. The number of nitrogens with one attached hydrogen (secondary N) is 1. The molecule has 0 aromatic heterocycles. The van der Waals surface area contributed by atoms with Gasteiger partial charge in [0.25, 0.3) is 0 Å². The minimum Gasteiger partial charge on any atom is -0.454 e. The molecule has 1 unspecified atom stereocenters. The van der Waals surface area contributed by atoms with E-state index < -0.39 is 0 Å². The molecule has 0 radical (unpaired) electrons. The minimum atomic E-state index is 0.00604. The average Bonchev–Trinajstić information content (AvgIpc) is 3.06. The Morgan fingerprint density at radius 1 is 1.17 bits per heavy atom. The van der Waals surface area contributed by atoms with Crippen LogP contribution in [0.1, 0.15) is 36.9 Å². The van der Waals surface area contributed by atoms with Crippen LogP contribution in [0.15, 0.2) is 42.5 Å². The van der Waals surface area contributed by atoms with Crippen molar-refractivity contribution in [2.24, 2.45) is 0 Å². The molecule has 0 bridgehead atoms. The molecule has 1 heterocycles. The number of hydrogen-bond donors (Lipinski definition) is 1. The highest BCUT2D eigenvalue weighted by atomic mass is 35.5. The van der Waals surface area contributed by atoms with Crippen molar-refractivity contribution in [1.82, 2.24) is 5.32 Å². The van der Waals surface area contributed by atoms with Gasteiger partial charge in [0.05, 0.1) is 6.04 Å². The Morgan fingerprint density at radius 2 is 1.92 bits per heavy atom. The van der Waals surface area contributed by atoms with Gasteiger partial charge >= 0.3 is 0 Å². The lowest BCUT2D eigenvalue weighted by Crippen LogP contribution is -2.28. The van der Waals surface area contributed by atoms with Crippen LogP contribution in [0.2, 0.25) is 5.02 Å². The average molecular weight is 346 g/mol. The zero-order valence-electron chi connectivity index (χ0n) is 13.5. The smallest absolute Gasteiger partial charge is 0.231 e. The minimum absolute atomic E-state index is 0.00604. The van der Waals surface area contributed by atoms with Gasteiger partial charge in [0, 0.05) is 11.4 Å². The maximum atomic E-state index is 12.3. The molecule has 2 aromatic carbocycles. The zero-order chi connectivity index (χ0) is 16.9. The largest absolute Gasteiger partial charge is 0.454 e. The molecule has 1 aliphatic heterocycles. The monoisotopic (exact) mass is 345 g/mol. The molecule has 1 aliphatic rings. The van der Waals surface area contributed by atoms with Crippen molar-refractivity contribution >= 4 is 17.5 Å². The molecule has 4 nitrogen and oxygen atoms in total. The number of amides is 1. The Morgan fingerprint density at radius 3 is 2.67 bits per heavy atom.